The third-order valence-corrected chi connectivity index (χ3v) is 3.17. The molecule has 0 spiro atoms. The van der Waals surface area contributed by atoms with Crippen LogP contribution in [0.5, 0.6) is 0 Å². The van der Waals surface area contributed by atoms with E-state index in [1.165, 1.54) is 3.57 Å². The van der Waals surface area contributed by atoms with Crippen LogP contribution in [0.4, 0.5) is 17.2 Å². The van der Waals surface area contributed by atoms with Crippen LogP contribution >= 0.6 is 22.6 Å². The monoisotopic (exact) mass is 353 g/mol. The maximum atomic E-state index is 4.28. The molecule has 0 bridgehead atoms. The molecule has 94 valence electrons. The van der Waals surface area contributed by atoms with Crippen molar-refractivity contribution in [2.24, 2.45) is 0 Å². The SMILES string of the molecule is CCCNc1cc(Nc2ccc(I)cc2)ccn1. The zero-order chi connectivity index (χ0) is 12.8. The van der Waals surface area contributed by atoms with E-state index >= 15 is 0 Å². The van der Waals surface area contributed by atoms with E-state index in [1.54, 1.807) is 0 Å². The van der Waals surface area contributed by atoms with Gasteiger partial charge >= 0.3 is 0 Å². The normalized spacial score (nSPS) is 10.1. The van der Waals surface area contributed by atoms with Gasteiger partial charge in [0.25, 0.3) is 0 Å². The van der Waals surface area contributed by atoms with Crippen molar-refractivity contribution < 1.29 is 0 Å². The Balaban J connectivity index is 2.06. The average molecular weight is 353 g/mol. The molecule has 0 saturated heterocycles. The van der Waals surface area contributed by atoms with Gasteiger partial charge in [0.1, 0.15) is 5.82 Å². The van der Waals surface area contributed by atoms with Crippen LogP contribution in [-0.2, 0) is 0 Å². The van der Waals surface area contributed by atoms with Gasteiger partial charge in [-0.15, -0.1) is 0 Å². The van der Waals surface area contributed by atoms with Crippen molar-refractivity contribution in [1.82, 2.24) is 4.98 Å². The van der Waals surface area contributed by atoms with Gasteiger partial charge in [0.05, 0.1) is 0 Å². The fraction of sp³-hybridized carbons (Fsp3) is 0.214. The number of pyridine rings is 1. The van der Waals surface area contributed by atoms with E-state index in [2.05, 4.69) is 69.4 Å². The summed E-state index contributed by atoms with van der Waals surface area (Å²) in [7, 11) is 0. The largest absolute Gasteiger partial charge is 0.370 e. The van der Waals surface area contributed by atoms with E-state index in [-0.39, 0.29) is 0 Å². The van der Waals surface area contributed by atoms with Gasteiger partial charge in [0, 0.05) is 33.8 Å². The van der Waals surface area contributed by atoms with Crippen LogP contribution in [-0.4, -0.2) is 11.5 Å². The molecule has 0 unspecified atom stereocenters. The number of hydrogen-bond acceptors (Lipinski definition) is 3. The zero-order valence-corrected chi connectivity index (χ0v) is 12.4. The molecule has 2 N–H and O–H groups in total. The van der Waals surface area contributed by atoms with Crippen LogP contribution in [0, 0.1) is 3.57 Å². The van der Waals surface area contributed by atoms with Crippen molar-refractivity contribution in [2.75, 3.05) is 17.2 Å². The third-order valence-electron chi connectivity index (χ3n) is 2.45. The Labute approximate surface area is 121 Å². The van der Waals surface area contributed by atoms with E-state index in [4.69, 9.17) is 0 Å². The Kier molecular flexibility index (Phi) is 4.81. The molecule has 0 aliphatic carbocycles. The molecular formula is C14H16IN3. The fourth-order valence-corrected chi connectivity index (χ4v) is 1.92. The maximum absolute atomic E-state index is 4.28. The predicted octanol–water partition coefficient (Wildman–Crippen LogP) is 4.25. The first kappa shape index (κ1) is 13.1. The van der Waals surface area contributed by atoms with Crippen LogP contribution in [0.3, 0.4) is 0 Å². The second-order valence-electron chi connectivity index (χ2n) is 3.99. The molecule has 0 radical (unpaired) electrons. The van der Waals surface area contributed by atoms with Crippen LogP contribution in [0.2, 0.25) is 0 Å². The summed E-state index contributed by atoms with van der Waals surface area (Å²) < 4.78 is 1.23. The van der Waals surface area contributed by atoms with Crippen molar-refractivity contribution in [3.05, 3.63) is 46.2 Å². The van der Waals surface area contributed by atoms with Crippen molar-refractivity contribution in [3.63, 3.8) is 0 Å². The second-order valence-corrected chi connectivity index (χ2v) is 5.23. The number of hydrogen-bond donors (Lipinski definition) is 2. The van der Waals surface area contributed by atoms with Crippen molar-refractivity contribution in [3.8, 4) is 0 Å². The average Bonchev–Trinajstić information content (AvgIpc) is 2.40. The maximum Gasteiger partial charge on any atom is 0.127 e. The molecular weight excluding hydrogens is 337 g/mol. The molecule has 0 atom stereocenters. The summed E-state index contributed by atoms with van der Waals surface area (Å²) in [6.07, 6.45) is 2.91. The van der Waals surface area contributed by atoms with Gasteiger partial charge in [0.15, 0.2) is 0 Å². The number of nitrogens with one attached hydrogen (secondary N) is 2. The molecule has 18 heavy (non-hydrogen) atoms. The number of anilines is 3. The Bertz CT molecular complexity index is 497. The minimum absolute atomic E-state index is 0.910. The van der Waals surface area contributed by atoms with Gasteiger partial charge in [-0.1, -0.05) is 6.92 Å². The van der Waals surface area contributed by atoms with E-state index in [0.29, 0.717) is 0 Å². The molecule has 0 amide bonds. The lowest BCUT2D eigenvalue weighted by Crippen LogP contribution is -2.02. The van der Waals surface area contributed by atoms with Gasteiger partial charge in [-0.05, 0) is 59.3 Å². The topological polar surface area (TPSA) is 37.0 Å². The van der Waals surface area contributed by atoms with E-state index in [9.17, 15) is 0 Å². The van der Waals surface area contributed by atoms with Crippen molar-refractivity contribution >= 4 is 39.8 Å². The first-order valence-corrected chi connectivity index (χ1v) is 7.08. The molecule has 2 aromatic rings. The van der Waals surface area contributed by atoms with Gasteiger partial charge < -0.3 is 10.6 Å². The number of nitrogens with zero attached hydrogens (tertiary/aromatic N) is 1. The molecule has 1 aromatic heterocycles. The number of benzene rings is 1. The summed E-state index contributed by atoms with van der Waals surface area (Å²) in [4.78, 5) is 4.28. The lowest BCUT2D eigenvalue weighted by molar-refractivity contribution is 0.969. The molecule has 0 aliphatic rings. The first-order chi connectivity index (χ1) is 8.78. The van der Waals surface area contributed by atoms with Gasteiger partial charge in [0.2, 0.25) is 0 Å². The number of aromatic nitrogens is 1. The molecule has 0 fully saturated rings. The standard InChI is InChI=1S/C14H16IN3/c1-2-8-16-14-10-13(7-9-17-14)18-12-5-3-11(15)4-6-12/h3-7,9-10H,2,8H2,1H3,(H2,16,17,18). The van der Waals surface area contributed by atoms with Gasteiger partial charge in [-0.25, -0.2) is 4.98 Å². The second kappa shape index (κ2) is 6.58. The summed E-state index contributed by atoms with van der Waals surface area (Å²) in [6, 6.07) is 12.3. The zero-order valence-electron chi connectivity index (χ0n) is 10.3. The Morgan fingerprint density at radius 1 is 1.11 bits per heavy atom. The van der Waals surface area contributed by atoms with Crippen molar-refractivity contribution in [1.29, 1.82) is 0 Å². The summed E-state index contributed by atoms with van der Waals surface area (Å²) in [5.74, 6) is 0.910. The molecule has 1 heterocycles. The summed E-state index contributed by atoms with van der Waals surface area (Å²) >= 11 is 2.30. The highest BCUT2D eigenvalue weighted by atomic mass is 127. The number of rotatable bonds is 5. The molecule has 2 rings (SSSR count). The minimum atomic E-state index is 0.910. The first-order valence-electron chi connectivity index (χ1n) is 6.00. The number of halogens is 1. The van der Waals surface area contributed by atoms with Gasteiger partial charge in [-0.3, -0.25) is 0 Å². The highest BCUT2D eigenvalue weighted by molar-refractivity contribution is 14.1. The van der Waals surface area contributed by atoms with Gasteiger partial charge in [-0.2, -0.15) is 0 Å². The molecule has 4 heteroatoms. The Morgan fingerprint density at radius 2 is 1.89 bits per heavy atom. The lowest BCUT2D eigenvalue weighted by atomic mass is 10.3. The highest BCUT2D eigenvalue weighted by Crippen LogP contribution is 2.19. The summed E-state index contributed by atoms with van der Waals surface area (Å²) in [5.41, 5.74) is 2.13. The van der Waals surface area contributed by atoms with Crippen LogP contribution in [0.25, 0.3) is 0 Å². The fourth-order valence-electron chi connectivity index (χ4n) is 1.56. The highest BCUT2D eigenvalue weighted by Gasteiger charge is 1.97. The van der Waals surface area contributed by atoms with E-state index in [1.807, 2.05) is 18.3 Å². The smallest absolute Gasteiger partial charge is 0.127 e. The molecule has 0 aliphatic heterocycles. The predicted molar refractivity (Wildman–Crippen MR) is 85.5 cm³/mol. The minimum Gasteiger partial charge on any atom is -0.370 e. The molecule has 0 saturated carbocycles. The molecule has 3 nitrogen and oxygen atoms in total. The Hall–Kier alpha value is -1.30. The van der Waals surface area contributed by atoms with Crippen LogP contribution in [0.15, 0.2) is 42.6 Å². The summed E-state index contributed by atoms with van der Waals surface area (Å²) in [5, 5.41) is 6.64. The summed E-state index contributed by atoms with van der Waals surface area (Å²) in [6.45, 7) is 3.08. The van der Waals surface area contributed by atoms with Crippen LogP contribution < -0.4 is 10.6 Å². The van der Waals surface area contributed by atoms with Crippen molar-refractivity contribution in [2.45, 2.75) is 13.3 Å². The quantitative estimate of drug-likeness (QED) is 0.789. The Morgan fingerprint density at radius 3 is 2.61 bits per heavy atom. The molecule has 1 aromatic carbocycles. The lowest BCUT2D eigenvalue weighted by Gasteiger charge is -2.09. The van der Waals surface area contributed by atoms with E-state index in [0.717, 1.165) is 30.2 Å². The van der Waals surface area contributed by atoms with Crippen LogP contribution in [0.1, 0.15) is 13.3 Å². The third kappa shape index (κ3) is 3.87. The van der Waals surface area contributed by atoms with E-state index < -0.39 is 0 Å².